The molecule has 10 heteroatoms. The number of hydrogen-bond acceptors (Lipinski definition) is 8. The number of amides is 1. The molecule has 0 aliphatic heterocycles. The number of carbonyl (C=O) groups is 2. The molecule has 1 aliphatic carbocycles. The van der Waals surface area contributed by atoms with Crippen molar-refractivity contribution in [1.29, 1.82) is 0 Å². The number of para-hydroxylation sites is 1. The van der Waals surface area contributed by atoms with Gasteiger partial charge in [-0.3, -0.25) is 4.79 Å². The first kappa shape index (κ1) is 24.7. The number of carbonyl (C=O) groups excluding carboxylic acids is 2. The number of anilines is 1. The zero-order valence-electron chi connectivity index (χ0n) is 21.0. The van der Waals surface area contributed by atoms with Crippen molar-refractivity contribution in [3.63, 3.8) is 0 Å². The predicted octanol–water partition coefficient (Wildman–Crippen LogP) is 5.62. The summed E-state index contributed by atoms with van der Waals surface area (Å²) < 4.78 is 5.08. The molecule has 1 aromatic carbocycles. The predicted molar refractivity (Wildman–Crippen MR) is 144 cm³/mol. The molecule has 2 N–H and O–H groups in total. The van der Waals surface area contributed by atoms with Crippen molar-refractivity contribution in [2.24, 2.45) is 11.3 Å². The lowest BCUT2D eigenvalue weighted by Gasteiger charge is -2.33. The maximum atomic E-state index is 13.2. The van der Waals surface area contributed by atoms with Crippen molar-refractivity contribution in [1.82, 2.24) is 20.2 Å². The van der Waals surface area contributed by atoms with Crippen molar-refractivity contribution < 1.29 is 14.3 Å². The van der Waals surface area contributed by atoms with E-state index in [0.29, 0.717) is 32.8 Å². The number of esters is 1. The molecule has 1 amide bonds. The van der Waals surface area contributed by atoms with Gasteiger partial charge < -0.3 is 15.0 Å². The number of aromatic amines is 1. The van der Waals surface area contributed by atoms with Crippen LogP contribution in [0.3, 0.4) is 0 Å². The standard InChI is InChI=1S/C26H29N5O3S2/c1-13(35-25-28-21-20(30-31-25)15-8-6-7-9-17(15)27-21)22(32)29-23-19(24(33)34-5)16-11-10-14(26(2,3)4)12-18(16)36-23/h6-9,13-14H,10-12H2,1-5H3,(H,29,32)(H,27,28,31). The minimum absolute atomic E-state index is 0.182. The van der Waals surface area contributed by atoms with Crippen molar-refractivity contribution in [2.45, 2.75) is 57.4 Å². The largest absolute Gasteiger partial charge is 0.465 e. The number of aromatic nitrogens is 4. The summed E-state index contributed by atoms with van der Waals surface area (Å²) in [6, 6.07) is 7.82. The number of methoxy groups -OCH3 is 1. The van der Waals surface area contributed by atoms with Crippen LogP contribution in [0.1, 0.15) is 54.9 Å². The average Bonchev–Trinajstić information content (AvgIpc) is 3.39. The Hall–Kier alpha value is -2.98. The highest BCUT2D eigenvalue weighted by Crippen LogP contribution is 2.44. The molecule has 0 radical (unpaired) electrons. The van der Waals surface area contributed by atoms with Crippen molar-refractivity contribution >= 4 is 62.0 Å². The normalized spacial score (nSPS) is 16.6. The number of thioether (sulfide) groups is 1. The molecule has 0 bridgehead atoms. The van der Waals surface area contributed by atoms with Gasteiger partial charge >= 0.3 is 5.97 Å². The first-order chi connectivity index (χ1) is 17.2. The molecule has 0 saturated heterocycles. The van der Waals surface area contributed by atoms with Gasteiger partial charge in [0, 0.05) is 15.8 Å². The van der Waals surface area contributed by atoms with Crippen LogP contribution < -0.4 is 5.32 Å². The summed E-state index contributed by atoms with van der Waals surface area (Å²) in [6.45, 7) is 8.55. The highest BCUT2D eigenvalue weighted by molar-refractivity contribution is 8.00. The Morgan fingerprint density at radius 3 is 2.78 bits per heavy atom. The SMILES string of the molecule is COC(=O)c1c(NC(=O)C(C)Sc2nnc3c(n2)[nH]c2ccccc23)sc2c1CCC(C(C)(C)C)C2. The summed E-state index contributed by atoms with van der Waals surface area (Å²) in [5.74, 6) is -0.109. The first-order valence-corrected chi connectivity index (χ1v) is 13.7. The molecule has 2 atom stereocenters. The topological polar surface area (TPSA) is 110 Å². The number of benzene rings is 1. The molecular weight excluding hydrogens is 494 g/mol. The van der Waals surface area contributed by atoms with Gasteiger partial charge in [-0.1, -0.05) is 50.7 Å². The van der Waals surface area contributed by atoms with Crippen LogP contribution >= 0.6 is 23.1 Å². The van der Waals surface area contributed by atoms with Crippen LogP contribution in [0, 0.1) is 11.3 Å². The fourth-order valence-corrected chi connectivity index (χ4v) is 6.74. The monoisotopic (exact) mass is 523 g/mol. The van der Waals surface area contributed by atoms with E-state index in [9.17, 15) is 9.59 Å². The van der Waals surface area contributed by atoms with E-state index < -0.39 is 11.2 Å². The van der Waals surface area contributed by atoms with Crippen LogP contribution in [0.25, 0.3) is 22.1 Å². The van der Waals surface area contributed by atoms with Crippen molar-refractivity contribution in [3.8, 4) is 0 Å². The van der Waals surface area contributed by atoms with Gasteiger partial charge in [0.25, 0.3) is 0 Å². The Kier molecular flexibility index (Phi) is 6.50. The van der Waals surface area contributed by atoms with Gasteiger partial charge in [0.1, 0.15) is 10.5 Å². The number of ether oxygens (including phenoxy) is 1. The Labute approximate surface area is 217 Å². The Balaban J connectivity index is 1.36. The van der Waals surface area contributed by atoms with Crippen LogP contribution in [0.5, 0.6) is 0 Å². The maximum Gasteiger partial charge on any atom is 0.341 e. The number of hydrogen-bond donors (Lipinski definition) is 2. The second kappa shape index (κ2) is 9.48. The molecule has 0 saturated carbocycles. The van der Waals surface area contributed by atoms with Gasteiger partial charge in [-0.2, -0.15) is 0 Å². The number of nitrogens with one attached hydrogen (secondary N) is 2. The van der Waals surface area contributed by atoms with Crippen LogP contribution in [-0.2, 0) is 22.4 Å². The van der Waals surface area contributed by atoms with E-state index in [1.54, 1.807) is 6.92 Å². The van der Waals surface area contributed by atoms with E-state index in [1.807, 2.05) is 24.3 Å². The molecule has 188 valence electrons. The molecule has 3 heterocycles. The molecular formula is C26H29N5O3S2. The van der Waals surface area contributed by atoms with Gasteiger partial charge in [-0.15, -0.1) is 21.5 Å². The summed E-state index contributed by atoms with van der Waals surface area (Å²) in [5, 5.41) is 13.0. The minimum atomic E-state index is -0.499. The number of H-pyrrole nitrogens is 1. The van der Waals surface area contributed by atoms with Crippen molar-refractivity contribution in [3.05, 3.63) is 40.3 Å². The van der Waals surface area contributed by atoms with Crippen LogP contribution in [0.4, 0.5) is 5.00 Å². The zero-order valence-corrected chi connectivity index (χ0v) is 22.6. The van der Waals surface area contributed by atoms with Gasteiger partial charge in [0.2, 0.25) is 11.1 Å². The average molecular weight is 524 g/mol. The van der Waals surface area contributed by atoms with E-state index in [1.165, 1.54) is 30.2 Å². The van der Waals surface area contributed by atoms with Gasteiger partial charge in [-0.25, -0.2) is 9.78 Å². The molecule has 1 aliphatic rings. The first-order valence-electron chi connectivity index (χ1n) is 12.0. The fourth-order valence-electron chi connectivity index (χ4n) is 4.71. The third-order valence-electron chi connectivity index (χ3n) is 6.87. The fraction of sp³-hybridized carbons (Fsp3) is 0.423. The summed E-state index contributed by atoms with van der Waals surface area (Å²) >= 11 is 2.72. The highest BCUT2D eigenvalue weighted by Gasteiger charge is 2.34. The zero-order chi connectivity index (χ0) is 25.6. The van der Waals surface area contributed by atoms with Crippen LogP contribution in [0.15, 0.2) is 29.4 Å². The number of rotatable bonds is 5. The van der Waals surface area contributed by atoms with Gasteiger partial charge in [0.15, 0.2) is 5.65 Å². The molecule has 5 rings (SSSR count). The van der Waals surface area contributed by atoms with Crippen LogP contribution in [-0.4, -0.2) is 44.4 Å². The Morgan fingerprint density at radius 2 is 2.03 bits per heavy atom. The van der Waals surface area contributed by atoms with E-state index >= 15 is 0 Å². The van der Waals surface area contributed by atoms with E-state index in [-0.39, 0.29) is 11.3 Å². The lowest BCUT2D eigenvalue weighted by molar-refractivity contribution is -0.115. The third kappa shape index (κ3) is 4.59. The van der Waals surface area contributed by atoms with Gasteiger partial charge in [0.05, 0.1) is 17.9 Å². The van der Waals surface area contributed by atoms with E-state index in [4.69, 9.17) is 4.74 Å². The minimum Gasteiger partial charge on any atom is -0.465 e. The van der Waals surface area contributed by atoms with Crippen LogP contribution in [0.2, 0.25) is 0 Å². The van der Waals surface area contributed by atoms with Crippen molar-refractivity contribution in [2.75, 3.05) is 12.4 Å². The lowest BCUT2D eigenvalue weighted by Crippen LogP contribution is -2.26. The molecule has 36 heavy (non-hydrogen) atoms. The number of nitrogens with zero attached hydrogens (tertiary/aromatic N) is 3. The number of fused-ring (bicyclic) bond motifs is 4. The maximum absolute atomic E-state index is 13.2. The summed E-state index contributed by atoms with van der Waals surface area (Å²) in [6.07, 6.45) is 2.72. The van der Waals surface area contributed by atoms with E-state index in [2.05, 4.69) is 46.3 Å². The molecule has 0 spiro atoms. The molecule has 4 aromatic rings. The van der Waals surface area contributed by atoms with Gasteiger partial charge in [-0.05, 0) is 49.1 Å². The summed E-state index contributed by atoms with van der Waals surface area (Å²) in [7, 11) is 1.38. The highest BCUT2D eigenvalue weighted by atomic mass is 32.2. The Morgan fingerprint density at radius 1 is 1.25 bits per heavy atom. The molecule has 2 unspecified atom stereocenters. The molecule has 8 nitrogen and oxygen atoms in total. The second-order valence-corrected chi connectivity index (χ2v) is 12.6. The quantitative estimate of drug-likeness (QED) is 0.258. The summed E-state index contributed by atoms with van der Waals surface area (Å²) in [4.78, 5) is 34.8. The lowest BCUT2D eigenvalue weighted by atomic mass is 9.72. The molecule has 3 aromatic heterocycles. The smallest absolute Gasteiger partial charge is 0.341 e. The molecule has 0 fully saturated rings. The summed E-state index contributed by atoms with van der Waals surface area (Å²) in [5.41, 5.74) is 3.96. The number of thiophene rings is 1. The Bertz CT molecular complexity index is 1470. The van der Waals surface area contributed by atoms with E-state index in [0.717, 1.165) is 40.6 Å². The second-order valence-electron chi connectivity index (χ2n) is 10.2. The third-order valence-corrected chi connectivity index (χ3v) is 8.99.